The van der Waals surface area contributed by atoms with Crippen LogP contribution < -0.4 is 15.6 Å². The van der Waals surface area contributed by atoms with Crippen LogP contribution >= 0.6 is 42.6 Å². The summed E-state index contributed by atoms with van der Waals surface area (Å²) in [5.74, 6) is 0.320. The number of nitrogens with one attached hydrogen (secondary N) is 1. The highest BCUT2D eigenvalue weighted by molar-refractivity contribution is 7.99. The largest absolute Gasteiger partial charge is 0.464 e. The quantitative estimate of drug-likeness (QED) is 0.0798. The lowest BCUT2D eigenvalue weighted by molar-refractivity contribution is -0.150. The number of ether oxygens (including phenoxy) is 2. The maximum Gasteiger partial charge on any atom is 0.404 e. The first-order chi connectivity index (χ1) is 23.4. The molecule has 1 amide bonds. The molecule has 11 nitrogen and oxygen atoms in total. The van der Waals surface area contributed by atoms with Crippen LogP contribution in [0.4, 0.5) is 4.79 Å². The number of imidazole rings is 1. The first-order valence-corrected chi connectivity index (χ1v) is 18.8. The molecule has 0 radical (unpaired) electrons. The van der Waals surface area contributed by atoms with Gasteiger partial charge >= 0.3 is 19.7 Å². The molecule has 0 bridgehead atoms. The summed E-state index contributed by atoms with van der Waals surface area (Å²) in [7, 11) is -3.82. The van der Waals surface area contributed by atoms with Gasteiger partial charge in [0, 0.05) is 28.0 Å². The number of primary amides is 1. The molecular formula is C34H39Cl2N4O7PS. The second-order valence-corrected chi connectivity index (χ2v) is 15.1. The van der Waals surface area contributed by atoms with Crippen molar-refractivity contribution in [3.05, 3.63) is 105 Å². The van der Waals surface area contributed by atoms with Gasteiger partial charge in [-0.25, -0.2) is 19.1 Å². The molecule has 1 heterocycles. The third kappa shape index (κ3) is 11.5. The average molecular weight is 750 g/mol. The van der Waals surface area contributed by atoms with E-state index in [9.17, 15) is 14.2 Å². The van der Waals surface area contributed by atoms with Gasteiger partial charge in [0.15, 0.2) is 12.7 Å². The lowest BCUT2D eigenvalue weighted by Crippen LogP contribution is -2.26. The van der Waals surface area contributed by atoms with Crippen molar-refractivity contribution < 1.29 is 32.7 Å². The number of para-hydroxylation sites is 1. The van der Waals surface area contributed by atoms with Crippen molar-refractivity contribution in [1.29, 1.82) is 0 Å². The van der Waals surface area contributed by atoms with Crippen LogP contribution in [0.15, 0.2) is 82.7 Å². The molecule has 3 aromatic carbocycles. The molecule has 0 fully saturated rings. The first kappa shape index (κ1) is 38.3. The van der Waals surface area contributed by atoms with Gasteiger partial charge in [-0.05, 0) is 61.2 Å². The molecule has 262 valence electrons. The second kappa shape index (κ2) is 17.9. The fourth-order valence-corrected chi connectivity index (χ4v) is 8.15. The van der Waals surface area contributed by atoms with Crippen molar-refractivity contribution in [3.8, 4) is 5.75 Å². The third-order valence-corrected chi connectivity index (χ3v) is 10.2. The third-order valence-electron chi connectivity index (χ3n) is 6.89. The lowest BCUT2D eigenvalue weighted by Gasteiger charge is -2.22. The van der Waals surface area contributed by atoms with E-state index in [1.165, 1.54) is 18.7 Å². The summed E-state index contributed by atoms with van der Waals surface area (Å²) in [5, 5.41) is 5.02. The summed E-state index contributed by atoms with van der Waals surface area (Å²) in [5.41, 5.74) is 7.96. The number of carbonyl (C=O) groups excluding carboxylic acids is 2. The van der Waals surface area contributed by atoms with E-state index in [0.29, 0.717) is 34.7 Å². The number of nitrogens with zero attached hydrogens (tertiary/aromatic N) is 2. The van der Waals surface area contributed by atoms with E-state index in [0.717, 1.165) is 26.7 Å². The van der Waals surface area contributed by atoms with E-state index in [4.69, 9.17) is 52.4 Å². The maximum atomic E-state index is 13.7. The van der Waals surface area contributed by atoms with Crippen LogP contribution in [0.1, 0.15) is 56.3 Å². The van der Waals surface area contributed by atoms with Gasteiger partial charge in [-0.1, -0.05) is 91.3 Å². The highest BCUT2D eigenvalue weighted by Crippen LogP contribution is 2.48. The Bertz CT molecular complexity index is 1750. The van der Waals surface area contributed by atoms with Gasteiger partial charge in [-0.15, -0.1) is 0 Å². The number of rotatable bonds is 17. The van der Waals surface area contributed by atoms with Crippen LogP contribution in [0.3, 0.4) is 0 Å². The molecule has 0 aliphatic heterocycles. The van der Waals surface area contributed by atoms with E-state index in [1.54, 1.807) is 37.3 Å². The van der Waals surface area contributed by atoms with Crippen molar-refractivity contribution in [2.24, 2.45) is 5.73 Å². The number of nitrogens with two attached hydrogens (primary N) is 1. The number of hydrogen-bond donors (Lipinski definition) is 2. The smallest absolute Gasteiger partial charge is 0.404 e. The van der Waals surface area contributed by atoms with E-state index < -0.39 is 25.8 Å². The molecule has 4 rings (SSSR count). The maximum absolute atomic E-state index is 13.7. The Balaban J connectivity index is 1.51. The molecule has 49 heavy (non-hydrogen) atoms. The van der Waals surface area contributed by atoms with E-state index in [1.807, 2.05) is 60.9 Å². The van der Waals surface area contributed by atoms with Crippen molar-refractivity contribution in [1.82, 2.24) is 14.9 Å². The van der Waals surface area contributed by atoms with Gasteiger partial charge in [0.05, 0.1) is 12.3 Å². The van der Waals surface area contributed by atoms with Crippen LogP contribution in [-0.4, -0.2) is 40.6 Å². The Labute approximate surface area is 300 Å². The van der Waals surface area contributed by atoms with Crippen LogP contribution in [0, 0.1) is 0 Å². The topological polar surface area (TPSA) is 144 Å². The average Bonchev–Trinajstić information content (AvgIpc) is 3.37. The van der Waals surface area contributed by atoms with Gasteiger partial charge < -0.3 is 29.6 Å². The number of carbonyl (C=O) groups is 2. The van der Waals surface area contributed by atoms with E-state index >= 15 is 0 Å². The number of benzene rings is 3. The Hall–Kier alpha value is -3.51. The normalized spacial score (nSPS) is 13.1. The zero-order valence-electron chi connectivity index (χ0n) is 27.6. The molecule has 0 aliphatic carbocycles. The Morgan fingerprint density at radius 3 is 2.24 bits per heavy atom. The fourth-order valence-electron chi connectivity index (χ4n) is 4.65. The molecule has 15 heteroatoms. The molecule has 0 spiro atoms. The number of halogens is 2. The van der Waals surface area contributed by atoms with E-state index in [-0.39, 0.29) is 25.4 Å². The summed E-state index contributed by atoms with van der Waals surface area (Å²) in [6.07, 6.45) is -2.14. The van der Waals surface area contributed by atoms with Gasteiger partial charge in [0.1, 0.15) is 22.9 Å². The molecular weight excluding hydrogens is 710 g/mol. The van der Waals surface area contributed by atoms with Crippen molar-refractivity contribution in [3.63, 3.8) is 0 Å². The summed E-state index contributed by atoms with van der Waals surface area (Å²) in [4.78, 5) is 29.3. The lowest BCUT2D eigenvalue weighted by atomic mass is 10.1. The predicted octanol–water partition coefficient (Wildman–Crippen LogP) is 8.40. The number of esters is 1. The Morgan fingerprint density at radius 2 is 1.63 bits per heavy atom. The minimum Gasteiger partial charge on any atom is -0.464 e. The predicted molar refractivity (Wildman–Crippen MR) is 190 cm³/mol. The molecule has 2 atom stereocenters. The second-order valence-electron chi connectivity index (χ2n) is 11.2. The molecule has 0 saturated carbocycles. The zero-order valence-corrected chi connectivity index (χ0v) is 30.8. The minimum absolute atomic E-state index is 0.0605. The van der Waals surface area contributed by atoms with E-state index in [2.05, 4.69) is 5.32 Å². The number of aromatic nitrogens is 2. The van der Waals surface area contributed by atoms with Gasteiger partial charge in [-0.2, -0.15) is 0 Å². The van der Waals surface area contributed by atoms with Gasteiger partial charge in [0.25, 0.3) is 0 Å². The Kier molecular flexibility index (Phi) is 14.0. The van der Waals surface area contributed by atoms with Crippen LogP contribution in [0.2, 0.25) is 10.0 Å². The van der Waals surface area contributed by atoms with Crippen molar-refractivity contribution in [2.75, 3.05) is 12.9 Å². The summed E-state index contributed by atoms with van der Waals surface area (Å²) in [6, 6.07) is 21.8. The van der Waals surface area contributed by atoms with Crippen LogP contribution in [-0.2, 0) is 43.1 Å². The highest BCUT2D eigenvalue weighted by atomic mass is 35.5. The number of amides is 1. The fraction of sp³-hybridized carbons (Fsp3) is 0.324. The zero-order chi connectivity index (χ0) is 35.6. The molecule has 3 N–H and O–H groups in total. The number of hydrogen-bond acceptors (Lipinski definition) is 10. The van der Waals surface area contributed by atoms with Crippen LogP contribution in [0.5, 0.6) is 5.75 Å². The molecule has 0 saturated heterocycles. The van der Waals surface area contributed by atoms with Gasteiger partial charge in [-0.3, -0.25) is 4.52 Å². The van der Waals surface area contributed by atoms with Gasteiger partial charge in [0.2, 0.25) is 0 Å². The molecule has 1 unspecified atom stereocenters. The molecule has 0 aliphatic rings. The highest BCUT2D eigenvalue weighted by Gasteiger charge is 2.32. The molecule has 4 aromatic rings. The van der Waals surface area contributed by atoms with Crippen molar-refractivity contribution in [2.45, 2.75) is 69.3 Å². The SMILES string of the molecule is CCOC(=O)[C@H](C)OP(=O)(CNCc1ccc(Cn2c(COC(N)=O)nc(C(C)C)c2Sc2cc(Cl)cc(Cl)c2)cc1)Oc1ccccc1. The van der Waals surface area contributed by atoms with Crippen LogP contribution in [0.25, 0.3) is 0 Å². The minimum atomic E-state index is -3.82. The van der Waals surface area contributed by atoms with Crippen molar-refractivity contribution >= 4 is 54.6 Å². The summed E-state index contributed by atoms with van der Waals surface area (Å²) < 4.78 is 37.3. The summed E-state index contributed by atoms with van der Waals surface area (Å²) >= 11 is 14.1. The monoisotopic (exact) mass is 748 g/mol. The summed E-state index contributed by atoms with van der Waals surface area (Å²) in [6.45, 7) is 8.06. The molecule has 1 aromatic heterocycles. The first-order valence-electron chi connectivity index (χ1n) is 15.5. The standard InChI is InChI=1S/C34H39Cl2N4O7PS/c1-5-44-33(41)23(4)46-48(43,47-28-9-7-6-8-10-28)21-38-18-24-11-13-25(14-12-24)19-40-30(20-45-34(37)42)39-31(22(2)3)32(40)49-29-16-26(35)15-27(36)17-29/h6-17,22-23,38H,5,18-21H2,1-4H3,(H2,37,42)/t23-,48?/m0/s1. The Morgan fingerprint density at radius 1 is 0.980 bits per heavy atom.